The molecule has 0 aliphatic carbocycles. The first kappa shape index (κ1) is 17.3. The predicted octanol–water partition coefficient (Wildman–Crippen LogP) is 3.70. The van der Waals surface area contributed by atoms with E-state index in [1.54, 1.807) is 24.3 Å². The molecule has 0 aromatic heterocycles. The lowest BCUT2D eigenvalue weighted by Gasteiger charge is -2.26. The van der Waals surface area contributed by atoms with E-state index in [1.165, 1.54) is 24.8 Å². The molecule has 0 unspecified atom stereocenters. The minimum absolute atomic E-state index is 0.221. The van der Waals surface area contributed by atoms with Gasteiger partial charge in [-0.25, -0.2) is 4.79 Å². The van der Waals surface area contributed by atoms with Crippen LogP contribution in [-0.4, -0.2) is 29.1 Å². The highest BCUT2D eigenvalue weighted by Gasteiger charge is 2.11. The molecule has 25 heavy (non-hydrogen) atoms. The monoisotopic (exact) mass is 339 g/mol. The first-order chi connectivity index (χ1) is 12.2. The van der Waals surface area contributed by atoms with Crippen LogP contribution in [0.3, 0.4) is 0 Å². The third-order valence-corrected chi connectivity index (χ3v) is 4.43. The van der Waals surface area contributed by atoms with Gasteiger partial charge in [-0.3, -0.25) is 4.90 Å². The number of urea groups is 1. The summed E-state index contributed by atoms with van der Waals surface area (Å²) < 4.78 is 0. The van der Waals surface area contributed by atoms with E-state index in [1.807, 2.05) is 18.2 Å². The molecule has 2 aromatic rings. The summed E-state index contributed by atoms with van der Waals surface area (Å²) >= 11 is 0. The molecule has 2 aromatic carbocycles. The summed E-state index contributed by atoms with van der Waals surface area (Å²) in [6.07, 6.45) is 3.88. The lowest BCUT2D eigenvalue weighted by Crippen LogP contribution is -2.29. The fraction of sp³-hybridized carbons (Fsp3) is 0.350. The van der Waals surface area contributed by atoms with Gasteiger partial charge in [-0.1, -0.05) is 30.7 Å². The number of benzene rings is 2. The maximum Gasteiger partial charge on any atom is 0.319 e. The number of nitrogens with one attached hydrogen (secondary N) is 2. The molecule has 1 heterocycles. The third-order valence-electron chi connectivity index (χ3n) is 4.43. The quantitative estimate of drug-likeness (QED) is 0.778. The number of rotatable bonds is 5. The Morgan fingerprint density at radius 3 is 2.52 bits per heavy atom. The normalized spacial score (nSPS) is 14.9. The van der Waals surface area contributed by atoms with Crippen LogP contribution in [0.5, 0.6) is 5.75 Å². The molecule has 132 valence electrons. The number of piperidine rings is 1. The van der Waals surface area contributed by atoms with Crippen molar-refractivity contribution in [3.8, 4) is 5.75 Å². The van der Waals surface area contributed by atoms with Crippen LogP contribution in [-0.2, 0) is 13.1 Å². The van der Waals surface area contributed by atoms with Crippen molar-refractivity contribution in [2.75, 3.05) is 18.4 Å². The maximum atomic E-state index is 12.1. The van der Waals surface area contributed by atoms with E-state index in [9.17, 15) is 9.90 Å². The van der Waals surface area contributed by atoms with Crippen LogP contribution in [0, 0.1) is 0 Å². The minimum Gasteiger partial charge on any atom is -0.508 e. The van der Waals surface area contributed by atoms with Crippen LogP contribution in [0.2, 0.25) is 0 Å². The number of amides is 2. The average Bonchev–Trinajstić information content (AvgIpc) is 2.62. The summed E-state index contributed by atoms with van der Waals surface area (Å²) in [4.78, 5) is 14.5. The minimum atomic E-state index is -0.233. The van der Waals surface area contributed by atoms with E-state index < -0.39 is 0 Å². The van der Waals surface area contributed by atoms with Gasteiger partial charge in [0.2, 0.25) is 0 Å². The van der Waals surface area contributed by atoms with E-state index in [-0.39, 0.29) is 11.8 Å². The molecular formula is C20H25N3O2. The molecule has 5 heteroatoms. The number of anilines is 1. The highest BCUT2D eigenvalue weighted by atomic mass is 16.3. The lowest BCUT2D eigenvalue weighted by atomic mass is 10.1. The molecule has 2 amide bonds. The topological polar surface area (TPSA) is 64.6 Å². The van der Waals surface area contributed by atoms with Crippen molar-refractivity contribution in [2.24, 2.45) is 0 Å². The number of phenols is 1. The van der Waals surface area contributed by atoms with E-state index in [4.69, 9.17) is 0 Å². The SMILES string of the molecule is O=C(NCc1ccc(O)cc1)Nc1cccc(CN2CCCCC2)c1. The number of likely N-dealkylation sites (tertiary alicyclic amines) is 1. The van der Waals surface area contributed by atoms with E-state index in [2.05, 4.69) is 21.6 Å². The van der Waals surface area contributed by atoms with Crippen molar-refractivity contribution >= 4 is 11.7 Å². The summed E-state index contributed by atoms with van der Waals surface area (Å²) in [5.41, 5.74) is 2.96. The summed E-state index contributed by atoms with van der Waals surface area (Å²) in [6.45, 7) is 3.67. The molecule has 0 radical (unpaired) electrons. The second-order valence-corrected chi connectivity index (χ2v) is 6.51. The van der Waals surface area contributed by atoms with Crippen LogP contribution in [0.15, 0.2) is 48.5 Å². The lowest BCUT2D eigenvalue weighted by molar-refractivity contribution is 0.221. The van der Waals surface area contributed by atoms with Crippen molar-refractivity contribution in [3.05, 3.63) is 59.7 Å². The smallest absolute Gasteiger partial charge is 0.319 e. The Hall–Kier alpha value is -2.53. The molecule has 0 saturated carbocycles. The zero-order valence-electron chi connectivity index (χ0n) is 14.4. The first-order valence-electron chi connectivity index (χ1n) is 8.83. The third kappa shape index (κ3) is 5.50. The molecule has 0 bridgehead atoms. The molecular weight excluding hydrogens is 314 g/mol. The summed E-state index contributed by atoms with van der Waals surface area (Å²) in [7, 11) is 0. The summed E-state index contributed by atoms with van der Waals surface area (Å²) in [6, 6.07) is 14.6. The van der Waals surface area contributed by atoms with Gasteiger partial charge in [0.25, 0.3) is 0 Å². The molecule has 5 nitrogen and oxygen atoms in total. The summed E-state index contributed by atoms with van der Waals surface area (Å²) in [5.74, 6) is 0.221. The summed E-state index contributed by atoms with van der Waals surface area (Å²) in [5, 5.41) is 15.0. The van der Waals surface area contributed by atoms with Gasteiger partial charge in [0.15, 0.2) is 0 Å². The average molecular weight is 339 g/mol. The Kier molecular flexibility index (Phi) is 5.90. The van der Waals surface area contributed by atoms with Gasteiger partial charge in [0, 0.05) is 18.8 Å². The van der Waals surface area contributed by atoms with Crippen molar-refractivity contribution in [2.45, 2.75) is 32.4 Å². The van der Waals surface area contributed by atoms with Crippen LogP contribution >= 0.6 is 0 Å². The molecule has 1 saturated heterocycles. The molecule has 0 atom stereocenters. The number of phenolic OH excluding ortho intramolecular Hbond substituents is 1. The standard InChI is InChI=1S/C20H25N3O2/c24-19-9-7-16(8-10-19)14-21-20(25)22-18-6-4-5-17(13-18)15-23-11-2-1-3-12-23/h4-10,13,24H,1-3,11-12,14-15H2,(H2,21,22,25). The number of aromatic hydroxyl groups is 1. The van der Waals surface area contributed by atoms with Crippen LogP contribution in [0.25, 0.3) is 0 Å². The number of carbonyl (C=O) groups is 1. The van der Waals surface area contributed by atoms with Crippen molar-refractivity contribution in [1.29, 1.82) is 0 Å². The highest BCUT2D eigenvalue weighted by molar-refractivity contribution is 5.89. The number of hydrogen-bond donors (Lipinski definition) is 3. The molecule has 1 aliphatic rings. The molecule has 1 fully saturated rings. The van der Waals surface area contributed by atoms with Crippen LogP contribution < -0.4 is 10.6 Å². The van der Waals surface area contributed by atoms with Crippen molar-refractivity contribution < 1.29 is 9.90 Å². The van der Waals surface area contributed by atoms with Gasteiger partial charge < -0.3 is 15.7 Å². The van der Waals surface area contributed by atoms with Gasteiger partial charge in [0.1, 0.15) is 5.75 Å². The Balaban J connectivity index is 1.50. The Morgan fingerprint density at radius 2 is 1.76 bits per heavy atom. The Morgan fingerprint density at radius 1 is 1.00 bits per heavy atom. The fourth-order valence-corrected chi connectivity index (χ4v) is 3.09. The molecule has 1 aliphatic heterocycles. The predicted molar refractivity (Wildman–Crippen MR) is 99.5 cm³/mol. The second-order valence-electron chi connectivity index (χ2n) is 6.51. The number of hydrogen-bond acceptors (Lipinski definition) is 3. The van der Waals surface area contributed by atoms with Gasteiger partial charge in [0.05, 0.1) is 0 Å². The first-order valence-corrected chi connectivity index (χ1v) is 8.83. The van der Waals surface area contributed by atoms with E-state index >= 15 is 0 Å². The van der Waals surface area contributed by atoms with Crippen LogP contribution in [0.1, 0.15) is 30.4 Å². The van der Waals surface area contributed by atoms with Gasteiger partial charge in [-0.05, 0) is 61.3 Å². The molecule has 0 spiro atoms. The van der Waals surface area contributed by atoms with E-state index in [0.717, 1.165) is 30.9 Å². The second kappa shape index (κ2) is 8.53. The fourth-order valence-electron chi connectivity index (χ4n) is 3.09. The van der Waals surface area contributed by atoms with Crippen molar-refractivity contribution in [1.82, 2.24) is 10.2 Å². The van der Waals surface area contributed by atoms with Gasteiger partial charge in [-0.2, -0.15) is 0 Å². The van der Waals surface area contributed by atoms with E-state index in [0.29, 0.717) is 6.54 Å². The Bertz CT molecular complexity index is 694. The van der Waals surface area contributed by atoms with Crippen LogP contribution in [0.4, 0.5) is 10.5 Å². The van der Waals surface area contributed by atoms with Gasteiger partial charge in [-0.15, -0.1) is 0 Å². The van der Waals surface area contributed by atoms with Gasteiger partial charge >= 0.3 is 6.03 Å². The zero-order valence-corrected chi connectivity index (χ0v) is 14.4. The highest BCUT2D eigenvalue weighted by Crippen LogP contribution is 2.16. The number of nitrogens with zero attached hydrogens (tertiary/aromatic N) is 1. The molecule has 3 N–H and O–H groups in total. The zero-order chi connectivity index (χ0) is 17.5. The Labute approximate surface area is 148 Å². The van der Waals surface area contributed by atoms with Crippen molar-refractivity contribution in [3.63, 3.8) is 0 Å². The molecule has 3 rings (SSSR count). The number of carbonyl (C=O) groups excluding carboxylic acids is 1. The maximum absolute atomic E-state index is 12.1. The largest absolute Gasteiger partial charge is 0.508 e.